The molecule has 10 N–H and O–H groups in total. The predicted octanol–water partition coefficient (Wildman–Crippen LogP) is 0.238. The van der Waals surface area contributed by atoms with Crippen molar-refractivity contribution in [1.82, 2.24) is 15.5 Å². The lowest BCUT2D eigenvalue weighted by Gasteiger charge is -2.23. The van der Waals surface area contributed by atoms with E-state index >= 15 is 0 Å². The molecule has 2 atom stereocenters. The first-order valence-electron chi connectivity index (χ1n) is 13.7. The van der Waals surface area contributed by atoms with Crippen molar-refractivity contribution in [2.24, 2.45) is 22.2 Å². The minimum absolute atomic E-state index is 0.0816. The molecule has 14 heteroatoms. The predicted molar refractivity (Wildman–Crippen MR) is 160 cm³/mol. The number of carbonyl (C=O) groups excluding carboxylic acids is 3. The zero-order valence-electron chi connectivity index (χ0n) is 24.5. The summed E-state index contributed by atoms with van der Waals surface area (Å²) in [5, 5.41) is 22.1. The van der Waals surface area contributed by atoms with Crippen LogP contribution in [0.25, 0.3) is 0 Å². The number of guanidine groups is 1. The Bertz CT molecular complexity index is 1200. The molecule has 3 amide bonds. The lowest BCUT2D eigenvalue weighted by Crippen LogP contribution is -2.53. The minimum atomic E-state index is -0.959. The van der Waals surface area contributed by atoms with Crippen LogP contribution < -0.4 is 27.8 Å². The Morgan fingerprint density at radius 1 is 1.00 bits per heavy atom. The Kier molecular flexibility index (Phi) is 16.4. The van der Waals surface area contributed by atoms with Gasteiger partial charge in [-0.2, -0.15) is 0 Å². The van der Waals surface area contributed by atoms with Gasteiger partial charge in [-0.15, -0.1) is 0 Å². The second-order valence-corrected chi connectivity index (χ2v) is 9.57. The van der Waals surface area contributed by atoms with Crippen LogP contribution in [-0.2, 0) is 32.0 Å². The maximum atomic E-state index is 13.1. The van der Waals surface area contributed by atoms with Crippen LogP contribution in [0.4, 0.5) is 4.39 Å². The van der Waals surface area contributed by atoms with Gasteiger partial charge in [0.05, 0.1) is 12.6 Å². The molecule has 0 fully saturated rings. The number of aliphatic imine (C=N–C) groups is 1. The molecule has 0 spiro atoms. The fourth-order valence-corrected chi connectivity index (χ4v) is 3.80. The van der Waals surface area contributed by atoms with E-state index in [4.69, 9.17) is 27.1 Å². The third-order valence-corrected chi connectivity index (χ3v) is 6.04. The second-order valence-electron chi connectivity index (χ2n) is 9.57. The lowest BCUT2D eigenvalue weighted by atomic mass is 10.0. The summed E-state index contributed by atoms with van der Waals surface area (Å²) in [6, 6.07) is 10.5. The lowest BCUT2D eigenvalue weighted by molar-refractivity contribution is -0.134. The van der Waals surface area contributed by atoms with Gasteiger partial charge in [-0.25, -0.2) is 4.39 Å². The molecule has 0 aliphatic heterocycles. The normalized spacial score (nSPS) is 11.6. The molecule has 2 aromatic carbocycles. The highest BCUT2D eigenvalue weighted by Crippen LogP contribution is 2.11. The first kappa shape index (κ1) is 36.3. The summed E-state index contributed by atoms with van der Waals surface area (Å²) < 4.78 is 13.1. The van der Waals surface area contributed by atoms with Crippen molar-refractivity contribution in [3.8, 4) is 5.75 Å². The number of hydrogen-bond donors (Lipinski definition) is 7. The molecule has 0 unspecified atom stereocenters. The molecule has 0 heterocycles. The van der Waals surface area contributed by atoms with Crippen LogP contribution in [0.1, 0.15) is 37.8 Å². The molecule has 2 aromatic rings. The fraction of sp³-hybridized carbons (Fsp3) is 0.414. The van der Waals surface area contributed by atoms with Gasteiger partial charge in [-0.3, -0.25) is 24.2 Å². The van der Waals surface area contributed by atoms with Gasteiger partial charge >= 0.3 is 0 Å². The number of phenols is 1. The number of phenolic OH excluding ortho intramolecular Hbond substituents is 1. The molecule has 236 valence electrons. The average molecular weight is 604 g/mol. The number of halogens is 1. The number of carbonyl (C=O) groups is 4. The van der Waals surface area contributed by atoms with Gasteiger partial charge in [0, 0.05) is 26.6 Å². The Balaban J connectivity index is 0.00000217. The van der Waals surface area contributed by atoms with E-state index in [1.54, 1.807) is 29.2 Å². The van der Waals surface area contributed by atoms with Crippen molar-refractivity contribution in [1.29, 1.82) is 0 Å². The number of aromatic hydroxyl groups is 1. The largest absolute Gasteiger partial charge is 0.508 e. The van der Waals surface area contributed by atoms with E-state index in [2.05, 4.69) is 15.6 Å². The maximum absolute atomic E-state index is 13.1. The van der Waals surface area contributed by atoms with E-state index in [0.717, 1.165) is 18.1 Å². The van der Waals surface area contributed by atoms with Crippen LogP contribution in [0, 0.1) is 5.82 Å². The van der Waals surface area contributed by atoms with Crippen molar-refractivity contribution in [3.05, 3.63) is 65.5 Å². The van der Waals surface area contributed by atoms with Gasteiger partial charge in [-0.1, -0.05) is 24.3 Å². The molecule has 13 nitrogen and oxygen atoms in total. The number of hydrogen-bond acceptors (Lipinski definition) is 7. The number of likely N-dealkylation sites (N-methyl/N-ethyl adjacent to an activating group) is 1. The first-order valence-corrected chi connectivity index (χ1v) is 13.7. The van der Waals surface area contributed by atoms with Crippen LogP contribution in [0.5, 0.6) is 5.75 Å². The van der Waals surface area contributed by atoms with Gasteiger partial charge in [0.25, 0.3) is 5.97 Å². The topological polar surface area (TPSA) is 226 Å². The van der Waals surface area contributed by atoms with Gasteiger partial charge < -0.3 is 42.9 Å². The number of nitrogens with one attached hydrogen (secondary N) is 2. The zero-order valence-corrected chi connectivity index (χ0v) is 24.5. The van der Waals surface area contributed by atoms with Crippen LogP contribution in [0.15, 0.2) is 53.5 Å². The fourth-order valence-electron chi connectivity index (χ4n) is 3.80. The summed E-state index contributed by atoms with van der Waals surface area (Å²) >= 11 is 0. The van der Waals surface area contributed by atoms with Crippen molar-refractivity contribution in [3.63, 3.8) is 0 Å². The Hall–Kier alpha value is -4.72. The second kappa shape index (κ2) is 19.4. The monoisotopic (exact) mass is 603 g/mol. The summed E-state index contributed by atoms with van der Waals surface area (Å²) in [4.78, 5) is 53.0. The van der Waals surface area contributed by atoms with Crippen molar-refractivity contribution in [2.75, 3.05) is 26.2 Å². The summed E-state index contributed by atoms with van der Waals surface area (Å²) in [7, 11) is 0. The maximum Gasteiger partial charge on any atom is 0.300 e. The molecule has 0 aliphatic rings. The molecule has 0 saturated heterocycles. The standard InChI is InChI=1S/C27H38FN7O4.C2H4O2/c1-2-35(15-13-18-5-9-20(28)10-6-18)24(37)17-33-26(39)23(4-3-14-32-27(30)31)34-25(38)22(29)16-19-7-11-21(36)12-8-19;1-2(3)4/h5-12,22-23,36H,2-4,13-17,29H2,1H3,(H,33,39)(H,34,38)(H4,30,31,32);1H3,(H,3,4)/t22-,23+;/m0./s1. The SMILES string of the molecule is CC(=O)O.CCN(CCc1ccc(F)cc1)C(=O)CNC(=O)[C@@H](CCCN=C(N)N)NC(=O)[C@@H](N)Cc1ccc(O)cc1. The molecular weight excluding hydrogens is 561 g/mol. The average Bonchev–Trinajstić information content (AvgIpc) is 2.95. The quantitative estimate of drug-likeness (QED) is 0.0839. The molecule has 0 radical (unpaired) electrons. The highest BCUT2D eigenvalue weighted by molar-refractivity contribution is 5.91. The molecule has 0 bridgehead atoms. The van der Waals surface area contributed by atoms with E-state index in [1.165, 1.54) is 24.3 Å². The molecule has 0 aliphatic carbocycles. The zero-order chi connectivity index (χ0) is 32.4. The van der Waals surface area contributed by atoms with E-state index in [1.807, 2.05) is 6.92 Å². The van der Waals surface area contributed by atoms with Crippen LogP contribution in [0.3, 0.4) is 0 Å². The van der Waals surface area contributed by atoms with Gasteiger partial charge in [-0.05, 0) is 68.0 Å². The molecule has 2 rings (SSSR count). The smallest absolute Gasteiger partial charge is 0.300 e. The highest BCUT2D eigenvalue weighted by atomic mass is 19.1. The van der Waals surface area contributed by atoms with Crippen LogP contribution in [-0.4, -0.2) is 83.0 Å². The van der Waals surface area contributed by atoms with Crippen molar-refractivity contribution < 1.29 is 33.8 Å². The van der Waals surface area contributed by atoms with Crippen molar-refractivity contribution >= 4 is 29.7 Å². The van der Waals surface area contributed by atoms with Crippen molar-refractivity contribution in [2.45, 2.75) is 51.6 Å². The number of benzene rings is 2. The van der Waals surface area contributed by atoms with Crippen LogP contribution in [0.2, 0.25) is 0 Å². The summed E-state index contributed by atoms with van der Waals surface area (Å²) in [6.45, 7) is 3.75. The van der Waals surface area contributed by atoms with E-state index in [-0.39, 0.29) is 49.4 Å². The number of amides is 3. The van der Waals surface area contributed by atoms with Gasteiger partial charge in [0.2, 0.25) is 17.7 Å². The number of nitrogens with zero attached hydrogens (tertiary/aromatic N) is 2. The Labute approximate surface area is 250 Å². The molecule has 43 heavy (non-hydrogen) atoms. The van der Waals surface area contributed by atoms with Gasteiger partial charge in [0.1, 0.15) is 17.6 Å². The number of nitrogens with two attached hydrogens (primary N) is 3. The molecule has 0 saturated carbocycles. The van der Waals surface area contributed by atoms with Crippen LogP contribution >= 0.6 is 0 Å². The Morgan fingerprint density at radius 3 is 2.14 bits per heavy atom. The third kappa shape index (κ3) is 15.7. The number of aliphatic carboxylic acids is 1. The van der Waals surface area contributed by atoms with E-state index in [0.29, 0.717) is 25.9 Å². The first-order chi connectivity index (χ1) is 20.3. The summed E-state index contributed by atoms with van der Waals surface area (Å²) in [6.07, 6.45) is 1.36. The molecular formula is C29H42FN7O6. The van der Waals surface area contributed by atoms with E-state index < -0.39 is 29.9 Å². The van der Waals surface area contributed by atoms with E-state index in [9.17, 15) is 23.9 Å². The minimum Gasteiger partial charge on any atom is -0.508 e. The number of carboxylic acids is 1. The number of carboxylic acid groups (broad SMARTS) is 1. The highest BCUT2D eigenvalue weighted by Gasteiger charge is 2.24. The third-order valence-electron chi connectivity index (χ3n) is 6.04. The summed E-state index contributed by atoms with van der Waals surface area (Å²) in [5.41, 5.74) is 18.4. The molecule has 0 aromatic heterocycles. The number of rotatable bonds is 15. The Morgan fingerprint density at radius 2 is 1.58 bits per heavy atom. The summed E-state index contributed by atoms with van der Waals surface area (Å²) in [5.74, 6) is -2.50. The van der Waals surface area contributed by atoms with Gasteiger partial charge in [0.15, 0.2) is 5.96 Å².